The number of carbonyl (C=O) groups excluding carboxylic acids is 2. The van der Waals surface area contributed by atoms with Gasteiger partial charge in [-0.2, -0.15) is 0 Å². The van der Waals surface area contributed by atoms with Crippen LogP contribution in [0.15, 0.2) is 48.5 Å². The van der Waals surface area contributed by atoms with E-state index in [0.717, 1.165) is 41.8 Å². The highest BCUT2D eigenvalue weighted by Crippen LogP contribution is 2.26. The lowest BCUT2D eigenvalue weighted by atomic mass is 10.1. The molecule has 1 fully saturated rings. The third-order valence-electron chi connectivity index (χ3n) is 6.39. The largest absolute Gasteiger partial charge is 0.352 e. The van der Waals surface area contributed by atoms with Gasteiger partial charge in [-0.05, 0) is 55.5 Å². The molecule has 35 heavy (non-hydrogen) atoms. The van der Waals surface area contributed by atoms with Crippen LogP contribution in [0.25, 0.3) is 0 Å². The Hall–Kier alpha value is -2.58. The zero-order valence-electron chi connectivity index (χ0n) is 20.5. The molecule has 1 aliphatic rings. The highest BCUT2D eigenvalue weighted by atomic mass is 35.5. The van der Waals surface area contributed by atoms with E-state index < -0.39 is 28.5 Å². The van der Waals surface area contributed by atoms with Gasteiger partial charge in [-0.15, -0.1) is 0 Å². The minimum atomic E-state index is -3.78. The van der Waals surface area contributed by atoms with Crippen LogP contribution >= 0.6 is 11.6 Å². The second kappa shape index (κ2) is 11.9. The second-order valence-corrected chi connectivity index (χ2v) is 11.5. The van der Waals surface area contributed by atoms with Gasteiger partial charge >= 0.3 is 0 Å². The van der Waals surface area contributed by atoms with Crippen LogP contribution in [0.2, 0.25) is 5.02 Å². The molecule has 0 spiro atoms. The SMILES string of the molecule is CC[C@H](C(=O)NC1CCCC1)N(Cc1ccccc1)C(=O)CN(c1ccc(Cl)cc1C)S(C)(=O)=O. The number of nitrogens with zero attached hydrogens (tertiary/aromatic N) is 2. The molecule has 1 saturated carbocycles. The Kier molecular flexibility index (Phi) is 9.19. The standard InChI is InChI=1S/C26H34ClN3O4S/c1-4-23(26(32)28-22-12-8-9-13-22)29(17-20-10-6-5-7-11-20)25(31)18-30(35(3,33)34)24-15-14-21(27)16-19(24)2/h5-7,10-11,14-16,22-23H,4,8-9,12-13,17-18H2,1-3H3,(H,28,32)/t23-/m1/s1. The van der Waals surface area contributed by atoms with Crippen molar-refractivity contribution in [2.45, 2.75) is 64.6 Å². The Morgan fingerprint density at radius 2 is 1.77 bits per heavy atom. The molecule has 2 amide bonds. The zero-order chi connectivity index (χ0) is 25.6. The van der Waals surface area contributed by atoms with Crippen molar-refractivity contribution in [3.05, 3.63) is 64.7 Å². The quantitative estimate of drug-likeness (QED) is 0.507. The summed E-state index contributed by atoms with van der Waals surface area (Å²) in [5.74, 6) is -0.640. The fourth-order valence-electron chi connectivity index (χ4n) is 4.56. The maximum Gasteiger partial charge on any atom is 0.244 e. The summed E-state index contributed by atoms with van der Waals surface area (Å²) >= 11 is 6.06. The molecule has 0 heterocycles. The Morgan fingerprint density at radius 3 is 2.34 bits per heavy atom. The van der Waals surface area contributed by atoms with Crippen molar-refractivity contribution >= 4 is 39.1 Å². The molecule has 9 heteroatoms. The Bertz CT molecular complexity index is 1130. The highest BCUT2D eigenvalue weighted by molar-refractivity contribution is 7.92. The van der Waals surface area contributed by atoms with Gasteiger partial charge in [0.05, 0.1) is 11.9 Å². The number of nitrogens with one attached hydrogen (secondary N) is 1. The smallest absolute Gasteiger partial charge is 0.244 e. The van der Waals surface area contributed by atoms with Crippen LogP contribution in [0.1, 0.15) is 50.2 Å². The molecule has 1 aliphatic carbocycles. The van der Waals surface area contributed by atoms with E-state index in [1.807, 2.05) is 37.3 Å². The molecule has 0 radical (unpaired) electrons. The molecule has 0 aromatic heterocycles. The van der Waals surface area contributed by atoms with Gasteiger partial charge < -0.3 is 10.2 Å². The third kappa shape index (κ3) is 7.21. The number of carbonyl (C=O) groups is 2. The predicted octanol–water partition coefficient (Wildman–Crippen LogP) is 4.28. The van der Waals surface area contributed by atoms with E-state index in [0.29, 0.717) is 22.7 Å². The maximum atomic E-state index is 13.7. The number of anilines is 1. The molecule has 2 aromatic carbocycles. The monoisotopic (exact) mass is 519 g/mol. The van der Waals surface area contributed by atoms with Gasteiger partial charge in [-0.25, -0.2) is 8.42 Å². The summed E-state index contributed by atoms with van der Waals surface area (Å²) in [5, 5.41) is 3.58. The Balaban J connectivity index is 1.92. The van der Waals surface area contributed by atoms with Gasteiger partial charge in [-0.1, -0.05) is 61.7 Å². The van der Waals surface area contributed by atoms with Gasteiger partial charge in [0.1, 0.15) is 12.6 Å². The molecule has 0 bridgehead atoms. The van der Waals surface area contributed by atoms with Gasteiger partial charge in [0, 0.05) is 17.6 Å². The normalized spacial score (nSPS) is 15.0. The summed E-state index contributed by atoms with van der Waals surface area (Å²) in [5.41, 5.74) is 1.88. The first-order valence-corrected chi connectivity index (χ1v) is 14.2. The lowest BCUT2D eigenvalue weighted by Crippen LogP contribution is -2.53. The van der Waals surface area contributed by atoms with Crippen molar-refractivity contribution in [2.75, 3.05) is 17.1 Å². The van der Waals surface area contributed by atoms with Crippen molar-refractivity contribution in [1.82, 2.24) is 10.2 Å². The van der Waals surface area contributed by atoms with E-state index in [2.05, 4.69) is 5.32 Å². The van der Waals surface area contributed by atoms with Crippen LogP contribution < -0.4 is 9.62 Å². The summed E-state index contributed by atoms with van der Waals surface area (Å²) in [4.78, 5) is 28.5. The number of benzene rings is 2. The molecule has 1 atom stereocenters. The van der Waals surface area contributed by atoms with E-state index in [1.54, 1.807) is 25.1 Å². The number of aryl methyl sites for hydroxylation is 1. The fraction of sp³-hybridized carbons (Fsp3) is 0.462. The minimum Gasteiger partial charge on any atom is -0.352 e. The average molecular weight is 520 g/mol. The van der Waals surface area contributed by atoms with Crippen LogP contribution in [-0.4, -0.2) is 50.0 Å². The van der Waals surface area contributed by atoms with Crippen LogP contribution in [0.4, 0.5) is 5.69 Å². The molecule has 3 rings (SSSR count). The minimum absolute atomic E-state index is 0.120. The number of halogens is 1. The van der Waals surface area contributed by atoms with Crippen molar-refractivity contribution in [3.8, 4) is 0 Å². The molecule has 0 aliphatic heterocycles. The van der Waals surface area contributed by atoms with Crippen LogP contribution in [-0.2, 0) is 26.2 Å². The summed E-state index contributed by atoms with van der Waals surface area (Å²) in [6, 6.07) is 13.7. The van der Waals surface area contributed by atoms with Gasteiger partial charge in [0.2, 0.25) is 21.8 Å². The average Bonchev–Trinajstić information content (AvgIpc) is 3.30. The molecule has 1 N–H and O–H groups in total. The van der Waals surface area contributed by atoms with E-state index in [9.17, 15) is 18.0 Å². The number of amides is 2. The van der Waals surface area contributed by atoms with E-state index >= 15 is 0 Å². The molecule has 7 nitrogen and oxygen atoms in total. The highest BCUT2D eigenvalue weighted by Gasteiger charge is 2.33. The number of sulfonamides is 1. The topological polar surface area (TPSA) is 86.8 Å². The summed E-state index contributed by atoms with van der Waals surface area (Å²) < 4.78 is 26.5. The third-order valence-corrected chi connectivity index (χ3v) is 7.75. The first-order valence-electron chi connectivity index (χ1n) is 12.0. The molecule has 190 valence electrons. The van der Waals surface area contributed by atoms with Crippen LogP contribution in [0.5, 0.6) is 0 Å². The second-order valence-electron chi connectivity index (χ2n) is 9.12. The molecule has 0 saturated heterocycles. The number of hydrogen-bond acceptors (Lipinski definition) is 4. The zero-order valence-corrected chi connectivity index (χ0v) is 22.1. The maximum absolute atomic E-state index is 13.7. The predicted molar refractivity (Wildman–Crippen MR) is 140 cm³/mol. The van der Waals surface area contributed by atoms with E-state index in [4.69, 9.17) is 11.6 Å². The van der Waals surface area contributed by atoms with Gasteiger partial charge in [-0.3, -0.25) is 13.9 Å². The van der Waals surface area contributed by atoms with Crippen molar-refractivity contribution < 1.29 is 18.0 Å². The lowest BCUT2D eigenvalue weighted by molar-refractivity contribution is -0.140. The van der Waals surface area contributed by atoms with Crippen LogP contribution in [0.3, 0.4) is 0 Å². The Labute approximate surface area is 213 Å². The fourth-order valence-corrected chi connectivity index (χ4v) is 5.69. The van der Waals surface area contributed by atoms with Gasteiger partial charge in [0.25, 0.3) is 0 Å². The van der Waals surface area contributed by atoms with Crippen molar-refractivity contribution in [2.24, 2.45) is 0 Å². The first kappa shape index (κ1) is 27.0. The summed E-state index contributed by atoms with van der Waals surface area (Å²) in [7, 11) is -3.78. The molecule has 2 aromatic rings. The molecular formula is C26H34ClN3O4S. The summed E-state index contributed by atoms with van der Waals surface area (Å²) in [6.45, 7) is 3.40. The van der Waals surface area contributed by atoms with Gasteiger partial charge in [0.15, 0.2) is 0 Å². The van der Waals surface area contributed by atoms with Crippen molar-refractivity contribution in [1.29, 1.82) is 0 Å². The van der Waals surface area contributed by atoms with Crippen molar-refractivity contribution in [3.63, 3.8) is 0 Å². The first-order chi connectivity index (χ1) is 16.6. The van der Waals surface area contributed by atoms with E-state index in [-0.39, 0.29) is 18.5 Å². The molecule has 0 unspecified atom stereocenters. The summed E-state index contributed by atoms with van der Waals surface area (Å²) in [6.07, 6.45) is 5.52. The lowest BCUT2D eigenvalue weighted by Gasteiger charge is -2.33. The Morgan fingerprint density at radius 1 is 1.11 bits per heavy atom. The number of rotatable bonds is 10. The molecular weight excluding hydrogens is 486 g/mol. The van der Waals surface area contributed by atoms with Crippen LogP contribution in [0, 0.1) is 6.92 Å². The van der Waals surface area contributed by atoms with E-state index in [1.165, 1.54) is 4.90 Å². The number of hydrogen-bond donors (Lipinski definition) is 1.